The maximum atomic E-state index is 11.8. The van der Waals surface area contributed by atoms with Crippen LogP contribution in [0.4, 0.5) is 11.4 Å². The van der Waals surface area contributed by atoms with Crippen LogP contribution in [0, 0.1) is 11.3 Å². The summed E-state index contributed by atoms with van der Waals surface area (Å²) < 4.78 is 4.80. The molecule has 2 aliphatic carbocycles. The molecule has 1 aromatic rings. The van der Waals surface area contributed by atoms with Crippen LogP contribution in [-0.2, 0) is 4.74 Å². The van der Waals surface area contributed by atoms with Crippen LogP contribution >= 0.6 is 0 Å². The van der Waals surface area contributed by atoms with E-state index in [0.29, 0.717) is 16.7 Å². The van der Waals surface area contributed by atoms with E-state index in [0.717, 1.165) is 18.2 Å². The van der Waals surface area contributed by atoms with E-state index in [9.17, 15) is 4.79 Å². The number of nitrogen functional groups attached to an aromatic ring is 1. The fourth-order valence-corrected chi connectivity index (χ4v) is 2.90. The van der Waals surface area contributed by atoms with Crippen molar-refractivity contribution in [3.05, 3.63) is 23.8 Å². The monoisotopic (exact) mass is 260 g/mol. The Balaban J connectivity index is 1.77. The minimum Gasteiger partial charge on any atom is -0.465 e. The summed E-state index contributed by atoms with van der Waals surface area (Å²) in [4.78, 5) is 11.8. The lowest BCUT2D eigenvalue weighted by Crippen LogP contribution is -2.20. The van der Waals surface area contributed by atoms with Gasteiger partial charge in [-0.25, -0.2) is 4.79 Å². The van der Waals surface area contributed by atoms with Crippen molar-refractivity contribution < 1.29 is 9.53 Å². The van der Waals surface area contributed by atoms with Crippen LogP contribution < -0.4 is 11.1 Å². The van der Waals surface area contributed by atoms with Crippen LogP contribution in [0.15, 0.2) is 18.2 Å². The molecule has 0 bridgehead atoms. The molecule has 0 aromatic heterocycles. The number of hydrogen-bond donors (Lipinski definition) is 2. The van der Waals surface area contributed by atoms with Gasteiger partial charge in [-0.05, 0) is 49.1 Å². The maximum absolute atomic E-state index is 11.8. The summed E-state index contributed by atoms with van der Waals surface area (Å²) >= 11 is 0. The fourth-order valence-electron chi connectivity index (χ4n) is 2.90. The number of nitrogens with two attached hydrogens (primary N) is 1. The highest BCUT2D eigenvalue weighted by atomic mass is 16.5. The number of ether oxygens (including phenoxy) is 1. The van der Waals surface area contributed by atoms with Crippen molar-refractivity contribution >= 4 is 17.3 Å². The predicted octanol–water partition coefficient (Wildman–Crippen LogP) is 2.66. The first-order valence-corrected chi connectivity index (χ1v) is 6.87. The molecular weight excluding hydrogens is 240 g/mol. The Labute approximate surface area is 113 Å². The Morgan fingerprint density at radius 1 is 1.47 bits per heavy atom. The van der Waals surface area contributed by atoms with Gasteiger partial charge in [0.05, 0.1) is 24.0 Å². The minimum absolute atomic E-state index is 0.342. The summed E-state index contributed by atoms with van der Waals surface area (Å²) in [7, 11) is 1.39. The smallest absolute Gasteiger partial charge is 0.340 e. The lowest BCUT2D eigenvalue weighted by molar-refractivity contribution is 0.0602. The average molecular weight is 260 g/mol. The minimum atomic E-state index is -0.342. The maximum Gasteiger partial charge on any atom is 0.340 e. The standard InChI is InChI=1S/C15H20N2O2/c1-19-14(18)11-3-2-4-12(16)13(11)17-9-15(7-8-15)10-5-6-10/h2-4,10,17H,5-9,16H2,1H3. The van der Waals surface area contributed by atoms with Crippen LogP contribution in [0.25, 0.3) is 0 Å². The number of nitrogens with one attached hydrogen (secondary N) is 1. The molecule has 2 saturated carbocycles. The number of carbonyl (C=O) groups is 1. The molecule has 3 N–H and O–H groups in total. The number of anilines is 2. The number of rotatable bonds is 5. The van der Waals surface area contributed by atoms with E-state index in [1.807, 2.05) is 6.07 Å². The van der Waals surface area contributed by atoms with Gasteiger partial charge in [0.1, 0.15) is 0 Å². The van der Waals surface area contributed by atoms with Crippen molar-refractivity contribution in [3.63, 3.8) is 0 Å². The third kappa shape index (κ3) is 2.27. The topological polar surface area (TPSA) is 64.3 Å². The van der Waals surface area contributed by atoms with E-state index >= 15 is 0 Å². The normalized spacial score (nSPS) is 19.8. The van der Waals surface area contributed by atoms with E-state index < -0.39 is 0 Å². The molecule has 0 amide bonds. The molecule has 4 nitrogen and oxygen atoms in total. The summed E-state index contributed by atoms with van der Waals surface area (Å²) in [5, 5.41) is 3.40. The average Bonchev–Trinajstić information content (AvgIpc) is 3.28. The van der Waals surface area contributed by atoms with Gasteiger partial charge in [-0.2, -0.15) is 0 Å². The van der Waals surface area contributed by atoms with Gasteiger partial charge in [0.15, 0.2) is 0 Å². The molecule has 102 valence electrons. The number of methoxy groups -OCH3 is 1. The number of benzene rings is 1. The van der Waals surface area contributed by atoms with E-state index in [4.69, 9.17) is 10.5 Å². The molecule has 0 spiro atoms. The Morgan fingerprint density at radius 3 is 2.79 bits per heavy atom. The number of hydrogen-bond acceptors (Lipinski definition) is 4. The van der Waals surface area contributed by atoms with E-state index in [2.05, 4.69) is 5.32 Å². The highest BCUT2D eigenvalue weighted by Crippen LogP contribution is 2.61. The molecule has 0 radical (unpaired) electrons. The third-order valence-electron chi connectivity index (χ3n) is 4.45. The van der Waals surface area contributed by atoms with Crippen molar-refractivity contribution in [1.82, 2.24) is 0 Å². The zero-order valence-corrected chi connectivity index (χ0v) is 11.2. The first kappa shape index (κ1) is 12.3. The van der Waals surface area contributed by atoms with Crippen LogP contribution in [0.5, 0.6) is 0 Å². The summed E-state index contributed by atoms with van der Waals surface area (Å²) in [6.45, 7) is 0.913. The first-order chi connectivity index (χ1) is 9.16. The lowest BCUT2D eigenvalue weighted by Gasteiger charge is -2.19. The third-order valence-corrected chi connectivity index (χ3v) is 4.45. The SMILES string of the molecule is COC(=O)c1cccc(N)c1NCC1(C2CC2)CC1. The lowest BCUT2D eigenvalue weighted by atomic mass is 10.00. The van der Waals surface area contributed by atoms with Crippen molar-refractivity contribution in [2.45, 2.75) is 25.7 Å². The molecule has 2 fully saturated rings. The molecule has 0 saturated heterocycles. The molecule has 0 aliphatic heterocycles. The Bertz CT molecular complexity index is 505. The van der Waals surface area contributed by atoms with Crippen LogP contribution in [-0.4, -0.2) is 19.6 Å². The molecule has 0 atom stereocenters. The van der Waals surface area contributed by atoms with Crippen LogP contribution in [0.1, 0.15) is 36.0 Å². The van der Waals surface area contributed by atoms with Gasteiger partial charge >= 0.3 is 5.97 Å². The second kappa shape index (κ2) is 4.44. The Kier molecular flexibility index (Phi) is 2.88. The molecule has 3 rings (SSSR count). The second-order valence-corrected chi connectivity index (χ2v) is 5.75. The first-order valence-electron chi connectivity index (χ1n) is 6.87. The molecule has 19 heavy (non-hydrogen) atoms. The Hall–Kier alpha value is -1.71. The zero-order chi connectivity index (χ0) is 13.5. The van der Waals surface area contributed by atoms with Crippen molar-refractivity contribution in [1.29, 1.82) is 0 Å². The molecular formula is C15H20N2O2. The fraction of sp³-hybridized carbons (Fsp3) is 0.533. The summed E-state index contributed by atoms with van der Waals surface area (Å²) in [6, 6.07) is 5.34. The van der Waals surface area contributed by atoms with Gasteiger partial charge in [0, 0.05) is 6.54 Å². The summed E-state index contributed by atoms with van der Waals surface area (Å²) in [5.41, 5.74) is 8.30. The van der Waals surface area contributed by atoms with Gasteiger partial charge in [0.2, 0.25) is 0 Å². The van der Waals surface area contributed by atoms with E-state index in [1.54, 1.807) is 12.1 Å². The van der Waals surface area contributed by atoms with Crippen LogP contribution in [0.2, 0.25) is 0 Å². The van der Waals surface area contributed by atoms with Gasteiger partial charge in [-0.1, -0.05) is 6.07 Å². The van der Waals surface area contributed by atoms with Gasteiger partial charge in [-0.15, -0.1) is 0 Å². The second-order valence-electron chi connectivity index (χ2n) is 5.75. The van der Waals surface area contributed by atoms with Crippen LogP contribution in [0.3, 0.4) is 0 Å². The molecule has 0 unspecified atom stereocenters. The number of carbonyl (C=O) groups excluding carboxylic acids is 1. The number of para-hydroxylation sites is 1. The molecule has 0 heterocycles. The summed E-state index contributed by atoms with van der Waals surface area (Å²) in [6.07, 6.45) is 5.31. The van der Waals surface area contributed by atoms with Gasteiger partial charge in [0.25, 0.3) is 0 Å². The molecule has 4 heteroatoms. The molecule has 1 aromatic carbocycles. The van der Waals surface area contributed by atoms with Gasteiger partial charge < -0.3 is 15.8 Å². The van der Waals surface area contributed by atoms with E-state index in [-0.39, 0.29) is 5.97 Å². The predicted molar refractivity (Wildman–Crippen MR) is 75.1 cm³/mol. The van der Waals surface area contributed by atoms with Crippen molar-refractivity contribution in [2.75, 3.05) is 24.7 Å². The van der Waals surface area contributed by atoms with Crippen molar-refractivity contribution in [2.24, 2.45) is 11.3 Å². The summed E-state index contributed by atoms with van der Waals surface area (Å²) in [5.74, 6) is 0.539. The Morgan fingerprint density at radius 2 is 2.21 bits per heavy atom. The largest absolute Gasteiger partial charge is 0.465 e. The van der Waals surface area contributed by atoms with E-state index in [1.165, 1.54) is 32.8 Å². The zero-order valence-electron chi connectivity index (χ0n) is 11.2. The number of esters is 1. The van der Waals surface area contributed by atoms with Crippen molar-refractivity contribution in [3.8, 4) is 0 Å². The highest BCUT2D eigenvalue weighted by molar-refractivity contribution is 5.98. The quantitative estimate of drug-likeness (QED) is 0.631. The molecule has 2 aliphatic rings. The van der Waals surface area contributed by atoms with Gasteiger partial charge in [-0.3, -0.25) is 0 Å². The highest BCUT2D eigenvalue weighted by Gasteiger charge is 2.53.